The summed E-state index contributed by atoms with van der Waals surface area (Å²) in [5, 5.41) is 39.0. The molecule has 5 N–H and O–H groups in total. The van der Waals surface area contributed by atoms with Crippen molar-refractivity contribution in [2.75, 3.05) is 24.7 Å². The summed E-state index contributed by atoms with van der Waals surface area (Å²) in [6, 6.07) is 0. The highest BCUT2D eigenvalue weighted by Gasteiger charge is 1.95. The van der Waals surface area contributed by atoms with Crippen LogP contribution in [0.15, 0.2) is 12.2 Å². The van der Waals surface area contributed by atoms with Crippen molar-refractivity contribution in [2.45, 2.75) is 71.1 Å². The Morgan fingerprint density at radius 3 is 1.37 bits per heavy atom. The van der Waals surface area contributed by atoms with Gasteiger partial charge in [0.1, 0.15) is 0 Å². The summed E-state index contributed by atoms with van der Waals surface area (Å²) in [6.07, 6.45) is 15.4. The SMILES string of the molecule is CCCC/C=C\CCCCCCCC(=O)O.O=C(O)CS.O=C(O)CS.OCCO. The van der Waals surface area contributed by atoms with Crippen LogP contribution in [0.2, 0.25) is 0 Å². The largest absolute Gasteiger partial charge is 0.481 e. The van der Waals surface area contributed by atoms with E-state index in [0.717, 1.165) is 12.8 Å². The van der Waals surface area contributed by atoms with Gasteiger partial charge in [-0.25, -0.2) is 0 Å². The van der Waals surface area contributed by atoms with Crippen molar-refractivity contribution < 1.29 is 39.9 Å². The van der Waals surface area contributed by atoms with Crippen molar-refractivity contribution in [3.8, 4) is 0 Å². The number of allylic oxidation sites excluding steroid dienone is 2. The van der Waals surface area contributed by atoms with Crippen LogP contribution >= 0.6 is 25.3 Å². The molecule has 30 heavy (non-hydrogen) atoms. The lowest BCUT2D eigenvalue weighted by molar-refractivity contribution is -0.137. The zero-order valence-corrected chi connectivity index (χ0v) is 19.7. The second-order valence-electron chi connectivity index (χ2n) is 5.86. The summed E-state index contributed by atoms with van der Waals surface area (Å²) < 4.78 is 0. The van der Waals surface area contributed by atoms with Crippen molar-refractivity contribution in [3.05, 3.63) is 12.2 Å². The molecule has 180 valence electrons. The Kier molecular flexibility index (Phi) is 42.5. The molecule has 0 atom stereocenters. The fourth-order valence-corrected chi connectivity index (χ4v) is 1.63. The normalized spacial score (nSPS) is 9.37. The van der Waals surface area contributed by atoms with E-state index in [2.05, 4.69) is 44.3 Å². The third-order valence-electron chi connectivity index (χ3n) is 3.02. The van der Waals surface area contributed by atoms with Crippen molar-refractivity contribution in [1.29, 1.82) is 0 Å². The van der Waals surface area contributed by atoms with Gasteiger partial charge < -0.3 is 25.5 Å². The number of unbranched alkanes of at least 4 members (excludes halogenated alkanes) is 7. The Bertz CT molecular complexity index is 388. The Labute approximate surface area is 191 Å². The van der Waals surface area contributed by atoms with Gasteiger partial charge in [0.15, 0.2) is 0 Å². The van der Waals surface area contributed by atoms with Gasteiger partial charge in [0.25, 0.3) is 0 Å². The van der Waals surface area contributed by atoms with Crippen molar-refractivity contribution in [1.82, 2.24) is 0 Å². The van der Waals surface area contributed by atoms with Gasteiger partial charge in [-0.15, -0.1) is 0 Å². The summed E-state index contributed by atoms with van der Waals surface area (Å²) in [6.45, 7) is 1.96. The number of aliphatic hydroxyl groups excluding tert-OH is 2. The van der Waals surface area contributed by atoms with Crippen molar-refractivity contribution >= 4 is 43.2 Å². The first-order valence-corrected chi connectivity index (χ1v) is 11.2. The maximum atomic E-state index is 10.3. The van der Waals surface area contributed by atoms with Gasteiger partial charge in [-0.1, -0.05) is 51.2 Å². The molecule has 0 aromatic carbocycles. The van der Waals surface area contributed by atoms with Gasteiger partial charge in [0.05, 0.1) is 24.7 Å². The number of carboxylic acid groups (broad SMARTS) is 3. The van der Waals surface area contributed by atoms with Crippen LogP contribution < -0.4 is 0 Å². The number of carboxylic acids is 3. The molecule has 0 saturated carbocycles. The lowest BCUT2D eigenvalue weighted by atomic mass is 10.1. The van der Waals surface area contributed by atoms with Crippen LogP contribution in [0.3, 0.4) is 0 Å². The third kappa shape index (κ3) is 63.2. The van der Waals surface area contributed by atoms with E-state index in [1.54, 1.807) is 0 Å². The van der Waals surface area contributed by atoms with E-state index in [0.29, 0.717) is 6.42 Å². The van der Waals surface area contributed by atoms with E-state index < -0.39 is 17.9 Å². The van der Waals surface area contributed by atoms with Crippen LogP contribution in [-0.4, -0.2) is 68.2 Å². The van der Waals surface area contributed by atoms with Crippen LogP contribution in [0.1, 0.15) is 71.1 Å². The summed E-state index contributed by atoms with van der Waals surface area (Å²) in [7, 11) is 0. The molecule has 0 bridgehead atoms. The highest BCUT2D eigenvalue weighted by Crippen LogP contribution is 2.08. The monoisotopic (exact) mass is 472 g/mol. The predicted octanol–water partition coefficient (Wildman–Crippen LogP) is 3.52. The fourth-order valence-electron chi connectivity index (χ4n) is 1.63. The topological polar surface area (TPSA) is 152 Å². The standard InChI is InChI=1S/C14H26O2.2C2H4O2S.C2H6O2/c1-2-3-4-5-6-7-8-9-10-11-12-13-14(15)16;2*3-2(4)1-5;3-1-2-4/h5-6H,2-4,7-13H2,1H3,(H,15,16);2*5H,1H2,(H,3,4);3-4H,1-2H2/b6-5-;;;. The lowest BCUT2D eigenvalue weighted by Gasteiger charge is -1.98. The zero-order chi connectivity index (χ0) is 24.0. The van der Waals surface area contributed by atoms with E-state index in [1.807, 2.05) is 0 Å². The van der Waals surface area contributed by atoms with Crippen LogP contribution in [-0.2, 0) is 14.4 Å². The molecule has 0 aromatic heterocycles. The van der Waals surface area contributed by atoms with E-state index >= 15 is 0 Å². The smallest absolute Gasteiger partial charge is 0.313 e. The number of carbonyl (C=O) groups is 3. The number of rotatable bonds is 14. The molecule has 0 aliphatic rings. The minimum atomic E-state index is -0.881. The molecular weight excluding hydrogens is 432 g/mol. The highest BCUT2D eigenvalue weighted by atomic mass is 32.1. The lowest BCUT2D eigenvalue weighted by Crippen LogP contribution is -1.93. The molecule has 0 rings (SSSR count). The first-order chi connectivity index (χ1) is 14.2. The Balaban J connectivity index is -0.000000196. The van der Waals surface area contributed by atoms with Gasteiger partial charge in [-0.2, -0.15) is 25.3 Å². The van der Waals surface area contributed by atoms with Gasteiger partial charge in [-0.3, -0.25) is 14.4 Å². The molecule has 0 amide bonds. The maximum Gasteiger partial charge on any atom is 0.313 e. The number of aliphatic hydroxyl groups is 2. The molecule has 0 aromatic rings. The minimum absolute atomic E-state index is 0.0833. The molecule has 8 nitrogen and oxygen atoms in total. The molecule has 0 aliphatic carbocycles. The molecule has 0 saturated heterocycles. The zero-order valence-electron chi connectivity index (χ0n) is 17.9. The quantitative estimate of drug-likeness (QED) is 0.115. The average molecular weight is 473 g/mol. The Morgan fingerprint density at radius 1 is 0.667 bits per heavy atom. The molecule has 0 fully saturated rings. The predicted molar refractivity (Wildman–Crippen MR) is 126 cm³/mol. The van der Waals surface area contributed by atoms with E-state index in [4.69, 9.17) is 25.5 Å². The molecular formula is C20H40O8S2. The van der Waals surface area contributed by atoms with Crippen LogP contribution in [0.4, 0.5) is 0 Å². The van der Waals surface area contributed by atoms with Crippen LogP contribution in [0, 0.1) is 0 Å². The second kappa shape index (κ2) is 35.2. The summed E-state index contributed by atoms with van der Waals surface area (Å²) in [4.78, 5) is 28.8. The Morgan fingerprint density at radius 2 is 1.03 bits per heavy atom. The summed E-state index contributed by atoms with van der Waals surface area (Å²) in [5.41, 5.74) is 0. The van der Waals surface area contributed by atoms with Crippen LogP contribution in [0.5, 0.6) is 0 Å². The van der Waals surface area contributed by atoms with Crippen molar-refractivity contribution in [3.63, 3.8) is 0 Å². The third-order valence-corrected chi connectivity index (χ3v) is 3.56. The molecule has 10 heteroatoms. The second-order valence-corrected chi connectivity index (χ2v) is 6.50. The van der Waals surface area contributed by atoms with Gasteiger partial charge in [0.2, 0.25) is 0 Å². The van der Waals surface area contributed by atoms with Gasteiger partial charge >= 0.3 is 17.9 Å². The van der Waals surface area contributed by atoms with Gasteiger partial charge in [0, 0.05) is 6.42 Å². The van der Waals surface area contributed by atoms with E-state index in [-0.39, 0.29) is 24.7 Å². The average Bonchev–Trinajstić information content (AvgIpc) is 2.72. The fraction of sp³-hybridized carbons (Fsp3) is 0.750. The first-order valence-electron chi connectivity index (χ1n) is 9.97. The maximum absolute atomic E-state index is 10.3. The van der Waals surface area contributed by atoms with Crippen LogP contribution in [0.25, 0.3) is 0 Å². The van der Waals surface area contributed by atoms with Crippen molar-refractivity contribution in [2.24, 2.45) is 0 Å². The summed E-state index contributed by atoms with van der Waals surface area (Å²) >= 11 is 6.83. The minimum Gasteiger partial charge on any atom is -0.481 e. The molecule has 0 radical (unpaired) electrons. The number of aliphatic carboxylic acids is 3. The van der Waals surface area contributed by atoms with Gasteiger partial charge in [-0.05, 0) is 25.7 Å². The molecule has 0 aliphatic heterocycles. The van der Waals surface area contributed by atoms with E-state index in [1.165, 1.54) is 44.9 Å². The molecule has 0 unspecified atom stereocenters. The number of thiol groups is 2. The molecule has 0 heterocycles. The van der Waals surface area contributed by atoms with E-state index in [9.17, 15) is 14.4 Å². The number of hydrogen-bond donors (Lipinski definition) is 7. The first kappa shape index (κ1) is 36.2. The summed E-state index contributed by atoms with van der Waals surface area (Å²) in [5.74, 6) is -2.60. The molecule has 0 spiro atoms. The highest BCUT2D eigenvalue weighted by molar-refractivity contribution is 7.81. The number of hydrogen-bond acceptors (Lipinski definition) is 7. The Hall–Kier alpha value is -1.23.